The molecule has 0 fully saturated rings. The van der Waals surface area contributed by atoms with E-state index in [0.717, 1.165) is 22.2 Å². The molecule has 1 amide bonds. The molecule has 0 bridgehead atoms. The molecule has 6 heteroatoms. The van der Waals surface area contributed by atoms with Crippen molar-refractivity contribution in [1.29, 1.82) is 0 Å². The molecule has 0 aliphatic heterocycles. The van der Waals surface area contributed by atoms with E-state index in [1.165, 1.54) is 23.0 Å². The van der Waals surface area contributed by atoms with Crippen LogP contribution in [0.5, 0.6) is 11.5 Å². The van der Waals surface area contributed by atoms with Crippen molar-refractivity contribution in [3.05, 3.63) is 53.6 Å². The summed E-state index contributed by atoms with van der Waals surface area (Å²) in [7, 11) is 1.61. The van der Waals surface area contributed by atoms with E-state index in [9.17, 15) is 4.79 Å². The zero-order chi connectivity index (χ0) is 23.3. The summed E-state index contributed by atoms with van der Waals surface area (Å²) in [6, 6.07) is 11.9. The molecular formula is C26H32N2O3S. The van der Waals surface area contributed by atoms with Gasteiger partial charge in [0.25, 0.3) is 0 Å². The van der Waals surface area contributed by atoms with Crippen LogP contribution in [-0.4, -0.2) is 24.6 Å². The number of hydrogen-bond donors (Lipinski definition) is 1. The van der Waals surface area contributed by atoms with Crippen molar-refractivity contribution in [3.63, 3.8) is 0 Å². The third-order valence-corrected chi connectivity index (χ3v) is 5.99. The average molecular weight is 453 g/mol. The summed E-state index contributed by atoms with van der Waals surface area (Å²) in [5.74, 6) is 1.71. The topological polar surface area (TPSA) is 60.5 Å². The molecule has 0 spiro atoms. The molecule has 170 valence electrons. The lowest BCUT2D eigenvalue weighted by atomic mass is 9.87. The van der Waals surface area contributed by atoms with Gasteiger partial charge in [-0.15, -0.1) is 0 Å². The van der Waals surface area contributed by atoms with E-state index in [-0.39, 0.29) is 11.3 Å². The standard InChI is InChI=1S/C26H32N2O3S/c1-17(2)13-14-31-21-11-7-18(15-22(21)30-6)8-12-24(29)28-25-27-20-10-9-19(26(3,4)5)16-23(20)32-25/h7-12,15-17H,13-14H2,1-6H3,(H,27,28,29)/b12-8+. The zero-order valence-electron chi connectivity index (χ0n) is 19.7. The van der Waals surface area contributed by atoms with Gasteiger partial charge < -0.3 is 9.47 Å². The molecule has 2 aromatic carbocycles. The van der Waals surface area contributed by atoms with Gasteiger partial charge in [0, 0.05) is 6.08 Å². The molecule has 3 rings (SSSR count). The minimum atomic E-state index is -0.226. The lowest BCUT2D eigenvalue weighted by Gasteiger charge is -2.18. The third kappa shape index (κ3) is 6.33. The molecule has 0 atom stereocenters. The minimum Gasteiger partial charge on any atom is -0.493 e. The number of ether oxygens (including phenoxy) is 2. The number of methoxy groups -OCH3 is 1. The van der Waals surface area contributed by atoms with E-state index >= 15 is 0 Å². The van der Waals surface area contributed by atoms with Crippen molar-refractivity contribution in [1.82, 2.24) is 4.98 Å². The first-order chi connectivity index (χ1) is 15.2. The number of rotatable bonds is 8. The number of hydrogen-bond acceptors (Lipinski definition) is 5. The van der Waals surface area contributed by atoms with Crippen molar-refractivity contribution < 1.29 is 14.3 Å². The second-order valence-corrected chi connectivity index (χ2v) is 10.2. The Morgan fingerprint density at radius 2 is 1.94 bits per heavy atom. The van der Waals surface area contributed by atoms with Crippen LogP contribution in [0.4, 0.5) is 5.13 Å². The van der Waals surface area contributed by atoms with Crippen LogP contribution in [0.15, 0.2) is 42.5 Å². The van der Waals surface area contributed by atoms with Gasteiger partial charge >= 0.3 is 0 Å². The zero-order valence-corrected chi connectivity index (χ0v) is 20.5. The highest BCUT2D eigenvalue weighted by atomic mass is 32.1. The van der Waals surface area contributed by atoms with Gasteiger partial charge in [0.05, 0.1) is 23.9 Å². The average Bonchev–Trinajstić information content (AvgIpc) is 3.13. The summed E-state index contributed by atoms with van der Waals surface area (Å²) in [5.41, 5.74) is 3.06. The van der Waals surface area contributed by atoms with Crippen molar-refractivity contribution in [2.24, 2.45) is 5.92 Å². The Morgan fingerprint density at radius 3 is 2.62 bits per heavy atom. The maximum atomic E-state index is 12.4. The summed E-state index contributed by atoms with van der Waals surface area (Å²) in [6.45, 7) is 11.5. The van der Waals surface area contributed by atoms with Crippen molar-refractivity contribution in [2.45, 2.75) is 46.5 Å². The fourth-order valence-electron chi connectivity index (χ4n) is 3.08. The van der Waals surface area contributed by atoms with E-state index in [4.69, 9.17) is 9.47 Å². The van der Waals surface area contributed by atoms with Crippen LogP contribution < -0.4 is 14.8 Å². The van der Waals surface area contributed by atoms with E-state index in [2.05, 4.69) is 57.1 Å². The van der Waals surface area contributed by atoms with E-state index < -0.39 is 0 Å². The fourth-order valence-corrected chi connectivity index (χ4v) is 3.98. The summed E-state index contributed by atoms with van der Waals surface area (Å²) >= 11 is 1.48. The van der Waals surface area contributed by atoms with E-state index in [1.54, 1.807) is 13.2 Å². The number of aromatic nitrogens is 1. The first-order valence-electron chi connectivity index (χ1n) is 10.9. The van der Waals surface area contributed by atoms with Gasteiger partial charge in [-0.05, 0) is 59.2 Å². The van der Waals surface area contributed by atoms with E-state index in [0.29, 0.717) is 29.2 Å². The second kappa shape index (κ2) is 10.2. The predicted molar refractivity (Wildman–Crippen MR) is 134 cm³/mol. The Labute approximate surface area is 194 Å². The van der Waals surface area contributed by atoms with E-state index in [1.807, 2.05) is 24.3 Å². The molecule has 3 aromatic rings. The maximum Gasteiger partial charge on any atom is 0.250 e. The van der Waals surface area contributed by atoms with Crippen LogP contribution >= 0.6 is 11.3 Å². The number of anilines is 1. The molecule has 0 aliphatic carbocycles. The minimum absolute atomic E-state index is 0.0698. The Bertz CT molecular complexity index is 1110. The maximum absolute atomic E-state index is 12.4. The fraction of sp³-hybridized carbons (Fsp3) is 0.385. The van der Waals surface area contributed by atoms with Gasteiger partial charge in [-0.1, -0.05) is 58.1 Å². The highest BCUT2D eigenvalue weighted by Crippen LogP contribution is 2.31. The SMILES string of the molecule is COc1cc(/C=C/C(=O)Nc2nc3ccc(C(C)(C)C)cc3s2)ccc1OCCC(C)C. The van der Waals surface area contributed by atoms with Crippen LogP contribution in [0.25, 0.3) is 16.3 Å². The number of fused-ring (bicyclic) bond motifs is 1. The number of nitrogens with zero attached hydrogens (tertiary/aromatic N) is 1. The lowest BCUT2D eigenvalue weighted by molar-refractivity contribution is -0.111. The van der Waals surface area contributed by atoms with Crippen LogP contribution in [-0.2, 0) is 10.2 Å². The molecule has 0 aliphatic rings. The van der Waals surface area contributed by atoms with Crippen LogP contribution in [0.3, 0.4) is 0 Å². The molecule has 1 aromatic heterocycles. The van der Waals surface area contributed by atoms with Gasteiger partial charge in [0.1, 0.15) is 0 Å². The van der Waals surface area contributed by atoms with Gasteiger partial charge in [-0.3, -0.25) is 10.1 Å². The lowest BCUT2D eigenvalue weighted by Crippen LogP contribution is -2.10. The highest BCUT2D eigenvalue weighted by Gasteiger charge is 2.15. The summed E-state index contributed by atoms with van der Waals surface area (Å²) in [6.07, 6.45) is 4.23. The first-order valence-corrected chi connectivity index (χ1v) is 11.7. The first kappa shape index (κ1) is 23.8. The Hall–Kier alpha value is -2.86. The molecule has 5 nitrogen and oxygen atoms in total. The Kier molecular flexibility index (Phi) is 7.56. The number of amides is 1. The molecule has 1 N–H and O–H groups in total. The quantitative estimate of drug-likeness (QED) is 0.387. The number of benzene rings is 2. The van der Waals surface area contributed by atoms with Crippen LogP contribution in [0.2, 0.25) is 0 Å². The molecule has 32 heavy (non-hydrogen) atoms. The molecular weight excluding hydrogens is 420 g/mol. The van der Waals surface area contributed by atoms with Gasteiger partial charge in [-0.2, -0.15) is 0 Å². The number of thiazole rings is 1. The highest BCUT2D eigenvalue weighted by molar-refractivity contribution is 7.22. The van der Waals surface area contributed by atoms with Crippen LogP contribution in [0, 0.1) is 5.92 Å². The number of carbonyl (C=O) groups is 1. The molecule has 0 unspecified atom stereocenters. The Balaban J connectivity index is 1.66. The molecule has 1 heterocycles. The van der Waals surface area contributed by atoms with Gasteiger partial charge in [0.2, 0.25) is 5.91 Å². The Morgan fingerprint density at radius 1 is 1.16 bits per heavy atom. The van der Waals surface area contributed by atoms with Gasteiger partial charge in [-0.25, -0.2) is 4.98 Å². The van der Waals surface area contributed by atoms with Crippen molar-refractivity contribution in [2.75, 3.05) is 19.0 Å². The second-order valence-electron chi connectivity index (χ2n) is 9.22. The third-order valence-electron chi connectivity index (χ3n) is 5.05. The molecule has 0 radical (unpaired) electrons. The normalized spacial score (nSPS) is 12.0. The number of carbonyl (C=O) groups excluding carboxylic acids is 1. The van der Waals surface area contributed by atoms with Gasteiger partial charge in [0.15, 0.2) is 16.6 Å². The monoisotopic (exact) mass is 452 g/mol. The van der Waals surface area contributed by atoms with Crippen molar-refractivity contribution in [3.8, 4) is 11.5 Å². The summed E-state index contributed by atoms with van der Waals surface area (Å²) < 4.78 is 12.3. The predicted octanol–water partition coefficient (Wildman–Crippen LogP) is 6.68. The molecule has 0 saturated heterocycles. The summed E-state index contributed by atoms with van der Waals surface area (Å²) in [4.78, 5) is 17.0. The van der Waals surface area contributed by atoms with Crippen LogP contribution in [0.1, 0.15) is 52.2 Å². The summed E-state index contributed by atoms with van der Waals surface area (Å²) in [5, 5.41) is 3.45. The number of nitrogens with one attached hydrogen (secondary N) is 1. The smallest absolute Gasteiger partial charge is 0.250 e. The van der Waals surface area contributed by atoms with Crippen molar-refractivity contribution >= 4 is 38.7 Å². The molecule has 0 saturated carbocycles. The largest absolute Gasteiger partial charge is 0.493 e.